The lowest BCUT2D eigenvalue weighted by atomic mass is 10.0. The summed E-state index contributed by atoms with van der Waals surface area (Å²) >= 11 is 0. The first-order valence-electron chi connectivity index (χ1n) is 8.88. The Bertz CT molecular complexity index is 292. The molecule has 0 heterocycles. The Morgan fingerprint density at radius 3 is 1.62 bits per heavy atom. The quantitative estimate of drug-likeness (QED) is 0.230. The van der Waals surface area contributed by atoms with Crippen LogP contribution >= 0.6 is 0 Å². The maximum Gasteiger partial charge on any atom is 0.333 e. The van der Waals surface area contributed by atoms with E-state index in [1.807, 2.05) is 13.8 Å². The van der Waals surface area contributed by atoms with Gasteiger partial charge in [0.25, 0.3) is 0 Å². The smallest absolute Gasteiger partial charge is 0.333 e. The van der Waals surface area contributed by atoms with Crippen LogP contribution in [-0.2, 0) is 9.53 Å². The van der Waals surface area contributed by atoms with Crippen LogP contribution < -0.4 is 0 Å². The largest absolute Gasteiger partial charge is 0.466 e. The van der Waals surface area contributed by atoms with Gasteiger partial charge in [-0.15, -0.1) is 0 Å². The van der Waals surface area contributed by atoms with E-state index in [2.05, 4.69) is 6.92 Å². The zero-order valence-corrected chi connectivity index (χ0v) is 14.8. The summed E-state index contributed by atoms with van der Waals surface area (Å²) in [7, 11) is 1.45. The Balaban J connectivity index is 3.42. The fraction of sp³-hybridized carbons (Fsp3) is 0.842. The third-order valence-electron chi connectivity index (χ3n) is 4.29. The summed E-state index contributed by atoms with van der Waals surface area (Å²) in [5.41, 5.74) is 1.96. The second-order valence-corrected chi connectivity index (χ2v) is 6.18. The Kier molecular flexibility index (Phi) is 13.6. The lowest BCUT2D eigenvalue weighted by Crippen LogP contribution is -2.03. The third-order valence-corrected chi connectivity index (χ3v) is 4.29. The van der Waals surface area contributed by atoms with Gasteiger partial charge in [-0.1, -0.05) is 76.7 Å². The van der Waals surface area contributed by atoms with E-state index in [4.69, 9.17) is 4.74 Å². The molecule has 0 fully saturated rings. The highest BCUT2D eigenvalue weighted by Crippen LogP contribution is 2.16. The Morgan fingerprint density at radius 1 is 0.762 bits per heavy atom. The van der Waals surface area contributed by atoms with Crippen LogP contribution in [-0.4, -0.2) is 13.1 Å². The SMILES string of the molecule is CCCCCCCCCCCCC/C(C)=C(/C)C(=O)OC. The van der Waals surface area contributed by atoms with Gasteiger partial charge in [-0.25, -0.2) is 4.79 Å². The van der Waals surface area contributed by atoms with Gasteiger partial charge in [0.1, 0.15) is 0 Å². The van der Waals surface area contributed by atoms with E-state index in [0.717, 1.165) is 12.0 Å². The van der Waals surface area contributed by atoms with Crippen molar-refractivity contribution in [3.8, 4) is 0 Å². The molecule has 0 radical (unpaired) electrons. The van der Waals surface area contributed by atoms with Gasteiger partial charge in [-0.2, -0.15) is 0 Å². The van der Waals surface area contributed by atoms with Crippen molar-refractivity contribution < 1.29 is 9.53 Å². The molecule has 0 atom stereocenters. The summed E-state index contributed by atoms with van der Waals surface area (Å²) in [6.45, 7) is 6.17. The van der Waals surface area contributed by atoms with Gasteiger partial charge in [-0.05, 0) is 26.7 Å². The number of carbonyl (C=O) groups is 1. The molecule has 0 rings (SSSR count). The molecule has 0 aliphatic rings. The fourth-order valence-electron chi connectivity index (χ4n) is 2.57. The lowest BCUT2D eigenvalue weighted by molar-refractivity contribution is -0.136. The van der Waals surface area contributed by atoms with E-state index in [0.29, 0.717) is 0 Å². The second-order valence-electron chi connectivity index (χ2n) is 6.18. The molecule has 0 spiro atoms. The van der Waals surface area contributed by atoms with Crippen LogP contribution in [0.15, 0.2) is 11.1 Å². The van der Waals surface area contributed by atoms with Crippen LogP contribution in [0.4, 0.5) is 0 Å². The normalized spacial score (nSPS) is 12.2. The van der Waals surface area contributed by atoms with Gasteiger partial charge in [0.05, 0.1) is 7.11 Å². The molecule has 2 nitrogen and oxygen atoms in total. The third kappa shape index (κ3) is 11.5. The van der Waals surface area contributed by atoms with E-state index in [-0.39, 0.29) is 5.97 Å². The number of ether oxygens (including phenoxy) is 1. The van der Waals surface area contributed by atoms with Crippen LogP contribution in [0.5, 0.6) is 0 Å². The first-order valence-corrected chi connectivity index (χ1v) is 8.88. The maximum atomic E-state index is 11.4. The van der Waals surface area contributed by atoms with E-state index in [1.54, 1.807) is 0 Å². The van der Waals surface area contributed by atoms with Crippen LogP contribution in [0.3, 0.4) is 0 Å². The fourth-order valence-corrected chi connectivity index (χ4v) is 2.57. The number of methoxy groups -OCH3 is 1. The molecule has 21 heavy (non-hydrogen) atoms. The summed E-state index contributed by atoms with van der Waals surface area (Å²) in [4.78, 5) is 11.4. The van der Waals surface area contributed by atoms with Crippen LogP contribution in [0, 0.1) is 0 Å². The Hall–Kier alpha value is -0.790. The lowest BCUT2D eigenvalue weighted by Gasteiger charge is -2.06. The minimum atomic E-state index is -0.185. The molecule has 0 aromatic carbocycles. The van der Waals surface area contributed by atoms with Crippen LogP contribution in [0.25, 0.3) is 0 Å². The van der Waals surface area contributed by atoms with Crippen molar-refractivity contribution in [2.75, 3.05) is 7.11 Å². The molecule has 0 saturated heterocycles. The number of esters is 1. The molecule has 2 heteroatoms. The van der Waals surface area contributed by atoms with E-state index < -0.39 is 0 Å². The van der Waals surface area contributed by atoms with Gasteiger partial charge in [0.2, 0.25) is 0 Å². The van der Waals surface area contributed by atoms with Gasteiger partial charge < -0.3 is 4.74 Å². The highest BCUT2D eigenvalue weighted by molar-refractivity contribution is 5.88. The first-order chi connectivity index (χ1) is 10.1. The van der Waals surface area contributed by atoms with Crippen molar-refractivity contribution in [1.29, 1.82) is 0 Å². The Labute approximate surface area is 132 Å². The number of carbonyl (C=O) groups excluding carboxylic acids is 1. The van der Waals surface area contributed by atoms with Gasteiger partial charge >= 0.3 is 5.97 Å². The molecular formula is C19H36O2. The highest BCUT2D eigenvalue weighted by Gasteiger charge is 2.06. The van der Waals surface area contributed by atoms with E-state index >= 15 is 0 Å². The van der Waals surface area contributed by atoms with Gasteiger partial charge in [0, 0.05) is 5.57 Å². The molecule has 0 saturated carbocycles. The number of allylic oxidation sites excluding steroid dienone is 1. The van der Waals surface area contributed by atoms with E-state index in [9.17, 15) is 4.79 Å². The average molecular weight is 296 g/mol. The van der Waals surface area contributed by atoms with Crippen molar-refractivity contribution >= 4 is 5.97 Å². The zero-order chi connectivity index (χ0) is 15.9. The minimum absolute atomic E-state index is 0.185. The summed E-state index contributed by atoms with van der Waals surface area (Å²) in [6.07, 6.45) is 16.0. The summed E-state index contributed by atoms with van der Waals surface area (Å²) < 4.78 is 4.74. The van der Waals surface area contributed by atoms with Crippen molar-refractivity contribution in [3.63, 3.8) is 0 Å². The van der Waals surface area contributed by atoms with Crippen molar-refractivity contribution in [2.45, 2.75) is 97.8 Å². The van der Waals surface area contributed by atoms with Crippen molar-refractivity contribution in [2.24, 2.45) is 0 Å². The van der Waals surface area contributed by atoms with Crippen LogP contribution in [0.2, 0.25) is 0 Å². The molecule has 0 aliphatic heterocycles. The molecular weight excluding hydrogens is 260 g/mol. The summed E-state index contributed by atoms with van der Waals surface area (Å²) in [5.74, 6) is -0.185. The molecule has 0 unspecified atom stereocenters. The number of rotatable bonds is 13. The number of hydrogen-bond donors (Lipinski definition) is 0. The average Bonchev–Trinajstić information content (AvgIpc) is 2.50. The molecule has 0 bridgehead atoms. The highest BCUT2D eigenvalue weighted by atomic mass is 16.5. The van der Waals surface area contributed by atoms with Crippen LogP contribution in [0.1, 0.15) is 97.8 Å². The molecule has 0 aromatic heterocycles. The predicted molar refractivity (Wildman–Crippen MR) is 91.5 cm³/mol. The standard InChI is InChI=1S/C19H36O2/c1-5-6-7-8-9-10-11-12-13-14-15-16-17(2)18(3)19(20)21-4/h5-16H2,1-4H3/b18-17-. The molecule has 124 valence electrons. The second kappa shape index (κ2) is 14.2. The van der Waals surface area contributed by atoms with E-state index in [1.165, 1.54) is 83.3 Å². The number of hydrogen-bond acceptors (Lipinski definition) is 2. The minimum Gasteiger partial charge on any atom is -0.466 e. The first kappa shape index (κ1) is 20.2. The Morgan fingerprint density at radius 2 is 1.19 bits per heavy atom. The van der Waals surface area contributed by atoms with Gasteiger partial charge in [0.15, 0.2) is 0 Å². The van der Waals surface area contributed by atoms with Crippen molar-refractivity contribution in [3.05, 3.63) is 11.1 Å². The van der Waals surface area contributed by atoms with Gasteiger partial charge in [-0.3, -0.25) is 0 Å². The summed E-state index contributed by atoms with van der Waals surface area (Å²) in [5, 5.41) is 0. The molecule has 0 amide bonds. The zero-order valence-electron chi connectivity index (χ0n) is 14.8. The molecule has 0 aromatic rings. The summed E-state index contributed by atoms with van der Waals surface area (Å²) in [6, 6.07) is 0. The maximum absolute atomic E-state index is 11.4. The predicted octanol–water partition coefficient (Wildman–Crippen LogP) is 6.20. The number of unbranched alkanes of at least 4 members (excludes halogenated alkanes) is 10. The molecule has 0 aliphatic carbocycles. The topological polar surface area (TPSA) is 26.3 Å². The molecule has 0 N–H and O–H groups in total. The van der Waals surface area contributed by atoms with Crippen molar-refractivity contribution in [1.82, 2.24) is 0 Å². The monoisotopic (exact) mass is 296 g/mol.